The van der Waals surface area contributed by atoms with Gasteiger partial charge in [-0.1, -0.05) is 0 Å². The maximum atomic E-state index is 8.83. The summed E-state index contributed by atoms with van der Waals surface area (Å²) in [7, 11) is 17.7. The van der Waals surface area contributed by atoms with Gasteiger partial charge >= 0.3 is 315 Å². The molecular weight excluding hydrogens is 743 g/mol. The van der Waals surface area contributed by atoms with Gasteiger partial charge in [0.1, 0.15) is 0 Å². The van der Waals surface area contributed by atoms with Crippen LogP contribution in [0.5, 0.6) is 0 Å². The van der Waals surface area contributed by atoms with Crippen LogP contribution in [-0.4, -0.2) is 5.92 Å². The standard InChI is InChI=1S/2C22H25.C2H7Si.2ClH.Zr/c2*1-15(2)17-13-16-9-8-11-18(20(16)14-17)19-10-6-7-12-21(19)22(3,4)5;1-3-2;;;/h2*6-15H,1-5H3;3H,1-2H3;2*1H;/q;;;;;+2/p-2. The Morgan fingerprint density at radius 3 is 1.18 bits per heavy atom. The Hall–Kier alpha value is -1.96. The molecule has 263 valence electrons. The molecule has 4 aromatic carbocycles. The molecule has 0 fully saturated rings. The van der Waals surface area contributed by atoms with Gasteiger partial charge in [0.05, 0.1) is 0 Å². The third-order valence-electron chi connectivity index (χ3n) is 11.8. The van der Waals surface area contributed by atoms with Crippen LogP contribution in [0.15, 0.2) is 96.1 Å². The van der Waals surface area contributed by atoms with E-state index in [0.29, 0.717) is 11.8 Å². The van der Waals surface area contributed by atoms with Crippen LogP contribution >= 0.6 is 17.0 Å². The summed E-state index contributed by atoms with van der Waals surface area (Å²) in [5, 5.41) is 0. The molecular formula is C46H57Cl2SiZr. The molecule has 0 aromatic heterocycles. The first kappa shape index (κ1) is 37.8. The van der Waals surface area contributed by atoms with Crippen molar-refractivity contribution in [3.63, 3.8) is 0 Å². The van der Waals surface area contributed by atoms with E-state index in [0.717, 1.165) is 0 Å². The first-order valence-electron chi connectivity index (χ1n) is 18.7. The maximum absolute atomic E-state index is 8.83. The molecule has 0 spiro atoms. The first-order valence-corrected chi connectivity index (χ1v) is 35.1. The van der Waals surface area contributed by atoms with Gasteiger partial charge in [0.25, 0.3) is 0 Å². The zero-order valence-electron chi connectivity index (χ0n) is 32.4. The van der Waals surface area contributed by atoms with Gasteiger partial charge in [-0.05, 0) is 0 Å². The normalized spacial score (nSPS) is 18.6. The molecule has 0 radical (unpaired) electrons. The Labute approximate surface area is 312 Å². The number of hydrogen-bond donors (Lipinski definition) is 0. The van der Waals surface area contributed by atoms with E-state index >= 15 is 0 Å². The second kappa shape index (κ2) is 13.2. The third-order valence-corrected chi connectivity index (χ3v) is 63.4. The molecule has 0 N–H and O–H groups in total. The molecule has 2 unspecified atom stereocenters. The SMILES string of the molecule is CC(C)C1=Cc2c(-c3ccccc3C(C)(C)C)cccc2[CH]1[Zr]([Cl])([Cl])([CH]1C(C(C)C)=Cc2c(-c3ccccc3C(C)(C)C)cccc21)[SiH](C)C. The van der Waals surface area contributed by atoms with Crippen molar-refractivity contribution in [2.45, 2.75) is 100 Å². The van der Waals surface area contributed by atoms with Gasteiger partial charge < -0.3 is 0 Å². The van der Waals surface area contributed by atoms with Gasteiger partial charge in [-0.3, -0.25) is 0 Å². The summed E-state index contributed by atoms with van der Waals surface area (Å²) in [5.74, 6) is -1.04. The first-order chi connectivity index (χ1) is 23.3. The molecule has 0 saturated heterocycles. The van der Waals surface area contributed by atoms with E-state index in [1.54, 1.807) is 0 Å². The monoisotopic (exact) mass is 797 g/mol. The van der Waals surface area contributed by atoms with Crippen LogP contribution in [0.1, 0.15) is 110 Å². The summed E-state index contributed by atoms with van der Waals surface area (Å²) < 4.78 is 0.124. The van der Waals surface area contributed by atoms with Crippen LogP contribution in [0.25, 0.3) is 34.4 Å². The molecule has 4 heteroatoms. The second-order valence-corrected chi connectivity index (χ2v) is 60.6. The van der Waals surface area contributed by atoms with Crippen LogP contribution < -0.4 is 0 Å². The molecule has 2 aliphatic carbocycles. The molecule has 2 aliphatic rings. The van der Waals surface area contributed by atoms with E-state index in [9.17, 15) is 0 Å². The fraction of sp³-hybridized carbons (Fsp3) is 0.391. The van der Waals surface area contributed by atoms with Gasteiger partial charge in [0, 0.05) is 0 Å². The van der Waals surface area contributed by atoms with Crippen LogP contribution in [-0.2, 0) is 26.4 Å². The molecule has 0 saturated carbocycles. The van der Waals surface area contributed by atoms with Crippen molar-refractivity contribution in [2.24, 2.45) is 11.8 Å². The molecule has 0 aliphatic heterocycles. The predicted octanol–water partition coefficient (Wildman–Crippen LogP) is 14.5. The number of allylic oxidation sites excluding steroid dienone is 2. The Kier molecular flexibility index (Phi) is 9.95. The zero-order valence-corrected chi connectivity index (χ0v) is 37.5. The summed E-state index contributed by atoms with van der Waals surface area (Å²) in [6.45, 7) is 28.2. The number of benzene rings is 4. The average molecular weight is 800 g/mol. The predicted molar refractivity (Wildman–Crippen MR) is 223 cm³/mol. The van der Waals surface area contributed by atoms with Crippen LogP contribution in [0.2, 0.25) is 13.1 Å². The third kappa shape index (κ3) is 6.07. The van der Waals surface area contributed by atoms with E-state index in [-0.39, 0.29) is 18.1 Å². The molecule has 0 amide bonds. The van der Waals surface area contributed by atoms with Crippen molar-refractivity contribution in [3.8, 4) is 22.3 Å². The topological polar surface area (TPSA) is 0 Å². The van der Waals surface area contributed by atoms with Gasteiger partial charge in [-0.2, -0.15) is 0 Å². The summed E-state index contributed by atoms with van der Waals surface area (Å²) in [4.78, 5) is 0. The van der Waals surface area contributed by atoms with Crippen molar-refractivity contribution in [2.75, 3.05) is 0 Å². The minimum atomic E-state index is -4.95. The van der Waals surface area contributed by atoms with E-state index < -0.39 is 21.5 Å². The van der Waals surface area contributed by atoms with Gasteiger partial charge in [0.15, 0.2) is 0 Å². The number of fused-ring (bicyclic) bond motifs is 2. The molecule has 50 heavy (non-hydrogen) atoms. The van der Waals surface area contributed by atoms with Gasteiger partial charge in [0.2, 0.25) is 0 Å². The Bertz CT molecular complexity index is 1880. The van der Waals surface area contributed by atoms with E-state index in [1.807, 2.05) is 0 Å². The van der Waals surface area contributed by atoms with Gasteiger partial charge in [-0.15, -0.1) is 0 Å². The van der Waals surface area contributed by atoms with Gasteiger partial charge in [-0.25, -0.2) is 0 Å². The molecule has 6 rings (SSSR count). The Balaban J connectivity index is 1.64. The number of hydrogen-bond acceptors (Lipinski definition) is 0. The van der Waals surface area contributed by atoms with Crippen LogP contribution in [0, 0.1) is 11.8 Å². The molecule has 4 aromatic rings. The quantitative estimate of drug-likeness (QED) is 0.163. The second-order valence-electron chi connectivity index (χ2n) is 18.1. The average Bonchev–Trinajstić information content (AvgIpc) is 3.65. The fourth-order valence-electron chi connectivity index (χ4n) is 9.13. The Morgan fingerprint density at radius 1 is 0.520 bits per heavy atom. The molecule has 0 nitrogen and oxygen atoms in total. The minimum absolute atomic E-state index is 0.0176. The van der Waals surface area contributed by atoms with Crippen molar-refractivity contribution in [3.05, 3.63) is 129 Å². The number of rotatable bonds is 7. The van der Waals surface area contributed by atoms with E-state index in [4.69, 9.17) is 17.0 Å². The summed E-state index contributed by atoms with van der Waals surface area (Å²) in [6, 6.07) is 31.9. The van der Waals surface area contributed by atoms with Crippen molar-refractivity contribution in [1.29, 1.82) is 0 Å². The molecule has 2 atom stereocenters. The van der Waals surface area contributed by atoms with E-state index in [2.05, 4.69) is 179 Å². The summed E-state index contributed by atoms with van der Waals surface area (Å²) >= 11 is -4.95. The zero-order chi connectivity index (χ0) is 36.6. The van der Waals surface area contributed by atoms with Crippen molar-refractivity contribution >= 4 is 35.1 Å². The molecule has 0 heterocycles. The number of halogens is 2. The molecule has 0 bridgehead atoms. The van der Waals surface area contributed by atoms with Crippen molar-refractivity contribution in [1.82, 2.24) is 0 Å². The van der Waals surface area contributed by atoms with Crippen LogP contribution in [0.4, 0.5) is 0 Å². The Morgan fingerprint density at radius 2 is 0.860 bits per heavy atom. The fourth-order valence-corrected chi connectivity index (χ4v) is 40.6. The van der Waals surface area contributed by atoms with E-state index in [1.165, 1.54) is 66.8 Å². The summed E-state index contributed by atoms with van der Waals surface area (Å²) in [5.41, 5.74) is 16.2. The summed E-state index contributed by atoms with van der Waals surface area (Å²) in [6.07, 6.45) is 5.03. The van der Waals surface area contributed by atoms with Crippen LogP contribution in [0.3, 0.4) is 0 Å². The van der Waals surface area contributed by atoms with Crippen molar-refractivity contribution < 1.29 is 15.6 Å².